The number of hydrogen-bond acceptors (Lipinski definition) is 5. The van der Waals surface area contributed by atoms with E-state index in [4.69, 9.17) is 4.98 Å². The molecule has 0 atom stereocenters. The molecule has 0 spiro atoms. The lowest BCUT2D eigenvalue weighted by molar-refractivity contribution is 0.661. The lowest BCUT2D eigenvalue weighted by Crippen LogP contribution is -2.31. The number of nitrogens with zero attached hydrogens (tertiary/aromatic N) is 5. The van der Waals surface area contributed by atoms with Gasteiger partial charge in [0.1, 0.15) is 11.6 Å². The van der Waals surface area contributed by atoms with Crippen LogP contribution in [0.5, 0.6) is 0 Å². The van der Waals surface area contributed by atoms with Crippen LogP contribution >= 0.6 is 11.5 Å². The van der Waals surface area contributed by atoms with E-state index in [1.54, 1.807) is 0 Å². The van der Waals surface area contributed by atoms with Gasteiger partial charge in [-0.1, -0.05) is 13.8 Å². The summed E-state index contributed by atoms with van der Waals surface area (Å²) in [6.45, 7) is 8.18. The molecule has 0 N–H and O–H groups in total. The number of imidazole rings is 1. The fourth-order valence-corrected chi connectivity index (χ4v) is 3.34. The van der Waals surface area contributed by atoms with Crippen LogP contribution < -0.4 is 4.90 Å². The Hall–Kier alpha value is -1.43. The molecule has 0 amide bonds. The van der Waals surface area contributed by atoms with E-state index in [0.29, 0.717) is 5.92 Å². The molecule has 0 saturated carbocycles. The quantitative estimate of drug-likeness (QED) is 0.845. The zero-order valence-corrected chi connectivity index (χ0v) is 12.7. The summed E-state index contributed by atoms with van der Waals surface area (Å²) in [5, 5.41) is 1.01. The molecule has 6 heteroatoms. The van der Waals surface area contributed by atoms with Gasteiger partial charge in [-0.15, -0.1) is 0 Å². The smallest absolute Gasteiger partial charge is 0.205 e. The van der Waals surface area contributed by atoms with E-state index in [1.165, 1.54) is 28.7 Å². The Balaban J connectivity index is 1.90. The van der Waals surface area contributed by atoms with Crippen LogP contribution in [0, 0.1) is 6.92 Å². The van der Waals surface area contributed by atoms with E-state index in [0.717, 1.165) is 30.5 Å². The molecule has 0 aliphatic carbocycles. The lowest BCUT2D eigenvalue weighted by Gasteiger charge is -2.25. The van der Waals surface area contributed by atoms with Crippen molar-refractivity contribution in [3.8, 4) is 0 Å². The second-order valence-corrected chi connectivity index (χ2v) is 6.10. The molecule has 2 aromatic rings. The zero-order valence-electron chi connectivity index (χ0n) is 11.8. The van der Waals surface area contributed by atoms with Gasteiger partial charge in [-0.2, -0.15) is 4.37 Å². The van der Waals surface area contributed by atoms with Gasteiger partial charge in [0.2, 0.25) is 5.13 Å². The van der Waals surface area contributed by atoms with Crippen molar-refractivity contribution in [2.24, 2.45) is 7.05 Å². The number of aromatic nitrogens is 4. The minimum absolute atomic E-state index is 0.466. The van der Waals surface area contributed by atoms with Crippen LogP contribution in [0.4, 0.5) is 5.13 Å². The van der Waals surface area contributed by atoms with Gasteiger partial charge >= 0.3 is 0 Å². The molecule has 2 aromatic heterocycles. The predicted octanol–water partition coefficient (Wildman–Crippen LogP) is 2.27. The third kappa shape index (κ3) is 2.14. The fourth-order valence-electron chi connectivity index (χ4n) is 2.64. The highest BCUT2D eigenvalue weighted by atomic mass is 32.1. The van der Waals surface area contributed by atoms with Crippen molar-refractivity contribution >= 4 is 16.7 Å². The average molecular weight is 277 g/mol. The highest BCUT2D eigenvalue weighted by molar-refractivity contribution is 7.09. The highest BCUT2D eigenvalue weighted by Gasteiger charge is 2.25. The molecule has 0 bridgehead atoms. The number of fused-ring (bicyclic) bond motifs is 1. The molecule has 1 aliphatic rings. The minimum Gasteiger partial charge on any atom is -0.340 e. The topological polar surface area (TPSA) is 46.8 Å². The molecule has 0 unspecified atom stereocenters. The largest absolute Gasteiger partial charge is 0.340 e. The van der Waals surface area contributed by atoms with Crippen molar-refractivity contribution in [1.29, 1.82) is 0 Å². The van der Waals surface area contributed by atoms with Gasteiger partial charge in [-0.3, -0.25) is 0 Å². The van der Waals surface area contributed by atoms with Crippen LogP contribution in [0.15, 0.2) is 0 Å². The second kappa shape index (κ2) is 4.59. The van der Waals surface area contributed by atoms with Gasteiger partial charge in [0.15, 0.2) is 0 Å². The van der Waals surface area contributed by atoms with Crippen molar-refractivity contribution in [3.63, 3.8) is 0 Å². The van der Waals surface area contributed by atoms with Gasteiger partial charge < -0.3 is 9.47 Å². The Morgan fingerprint density at radius 1 is 1.26 bits per heavy atom. The van der Waals surface area contributed by atoms with E-state index in [9.17, 15) is 0 Å². The minimum atomic E-state index is 0.466. The molecule has 102 valence electrons. The summed E-state index contributed by atoms with van der Waals surface area (Å²) < 4.78 is 6.53. The van der Waals surface area contributed by atoms with Crippen molar-refractivity contribution in [3.05, 3.63) is 23.0 Å². The number of aryl methyl sites for hydroxylation is 1. The van der Waals surface area contributed by atoms with E-state index in [1.807, 2.05) is 6.92 Å². The van der Waals surface area contributed by atoms with Crippen LogP contribution in [0.3, 0.4) is 0 Å². The summed E-state index contributed by atoms with van der Waals surface area (Å²) in [7, 11) is 2.13. The van der Waals surface area contributed by atoms with E-state index in [2.05, 4.69) is 39.7 Å². The summed E-state index contributed by atoms with van der Waals surface area (Å²) in [6, 6.07) is 0. The molecule has 3 rings (SSSR count). The third-order valence-corrected chi connectivity index (χ3v) is 4.46. The fraction of sp³-hybridized carbons (Fsp3) is 0.615. The summed E-state index contributed by atoms with van der Waals surface area (Å²) in [5.41, 5.74) is 2.58. The lowest BCUT2D eigenvalue weighted by atomic mass is 10.1. The summed E-state index contributed by atoms with van der Waals surface area (Å²) in [4.78, 5) is 11.6. The summed E-state index contributed by atoms with van der Waals surface area (Å²) >= 11 is 1.48. The monoisotopic (exact) mass is 277 g/mol. The molecule has 1 aliphatic heterocycles. The Morgan fingerprint density at radius 3 is 2.68 bits per heavy atom. The number of anilines is 1. The van der Waals surface area contributed by atoms with E-state index < -0.39 is 0 Å². The maximum atomic E-state index is 4.81. The van der Waals surface area contributed by atoms with Gasteiger partial charge in [0.05, 0.1) is 12.2 Å². The van der Waals surface area contributed by atoms with Gasteiger partial charge in [0.25, 0.3) is 0 Å². The molecular weight excluding hydrogens is 258 g/mol. The van der Waals surface area contributed by atoms with Crippen LogP contribution in [0.25, 0.3) is 0 Å². The molecule has 0 radical (unpaired) electrons. The molecule has 0 saturated heterocycles. The Kier molecular flexibility index (Phi) is 3.05. The first kappa shape index (κ1) is 12.6. The zero-order chi connectivity index (χ0) is 13.6. The summed E-state index contributed by atoms with van der Waals surface area (Å²) in [5.74, 6) is 2.50. The van der Waals surface area contributed by atoms with Crippen molar-refractivity contribution in [2.45, 2.75) is 39.7 Å². The highest BCUT2D eigenvalue weighted by Crippen LogP contribution is 2.27. The number of hydrogen-bond donors (Lipinski definition) is 0. The predicted molar refractivity (Wildman–Crippen MR) is 76.7 cm³/mol. The first-order chi connectivity index (χ1) is 9.06. The standard InChI is InChI=1S/C13H19N5S/c1-8(2)12-15-10-7-18(6-5-11(10)17(12)4)13-14-9(3)16-19-13/h8H,5-7H2,1-4H3. The van der Waals surface area contributed by atoms with Crippen LogP contribution in [-0.2, 0) is 20.0 Å². The maximum Gasteiger partial charge on any atom is 0.205 e. The second-order valence-electron chi connectivity index (χ2n) is 5.37. The van der Waals surface area contributed by atoms with Crippen molar-refractivity contribution < 1.29 is 0 Å². The van der Waals surface area contributed by atoms with E-state index >= 15 is 0 Å². The van der Waals surface area contributed by atoms with Gasteiger partial charge in [0, 0.05) is 43.2 Å². The van der Waals surface area contributed by atoms with Crippen molar-refractivity contribution in [2.75, 3.05) is 11.4 Å². The van der Waals surface area contributed by atoms with Crippen LogP contribution in [-0.4, -0.2) is 25.5 Å². The molecule has 5 nitrogen and oxygen atoms in total. The Labute approximate surface area is 117 Å². The van der Waals surface area contributed by atoms with Crippen LogP contribution in [0.2, 0.25) is 0 Å². The molecule has 0 fully saturated rings. The first-order valence-corrected chi connectivity index (χ1v) is 7.43. The maximum absolute atomic E-state index is 4.81. The SMILES string of the molecule is Cc1nsc(N2CCc3c(nc(C(C)C)n3C)C2)n1. The van der Waals surface area contributed by atoms with E-state index in [-0.39, 0.29) is 0 Å². The normalized spacial score (nSPS) is 15.1. The van der Waals surface area contributed by atoms with Gasteiger partial charge in [-0.25, -0.2) is 9.97 Å². The van der Waals surface area contributed by atoms with Crippen molar-refractivity contribution in [1.82, 2.24) is 18.9 Å². The number of rotatable bonds is 2. The molecule has 3 heterocycles. The summed E-state index contributed by atoms with van der Waals surface area (Å²) in [6.07, 6.45) is 1.03. The van der Waals surface area contributed by atoms with Crippen LogP contribution in [0.1, 0.15) is 42.8 Å². The Morgan fingerprint density at radius 2 is 2.05 bits per heavy atom. The van der Waals surface area contributed by atoms with Gasteiger partial charge in [-0.05, 0) is 6.92 Å². The third-order valence-electron chi connectivity index (χ3n) is 3.59. The molecule has 19 heavy (non-hydrogen) atoms. The average Bonchev–Trinajstić information content (AvgIpc) is 2.94. The Bertz CT molecular complexity index is 598. The molecule has 0 aromatic carbocycles. The molecular formula is C13H19N5S. The first-order valence-electron chi connectivity index (χ1n) is 6.66.